The number of rotatable bonds is 2. The van der Waals surface area contributed by atoms with Crippen molar-refractivity contribution in [1.29, 1.82) is 0 Å². The number of aromatic nitrogens is 1. The van der Waals surface area contributed by atoms with Crippen molar-refractivity contribution >= 4 is 16.9 Å². The van der Waals surface area contributed by atoms with Crippen molar-refractivity contribution in [3.8, 4) is 0 Å². The molecule has 0 bridgehead atoms. The summed E-state index contributed by atoms with van der Waals surface area (Å²) in [5, 5.41) is 13.6. The minimum atomic E-state index is -0.783. The van der Waals surface area contributed by atoms with Gasteiger partial charge in [0.25, 0.3) is 0 Å². The van der Waals surface area contributed by atoms with Gasteiger partial charge in [-0.15, -0.1) is 0 Å². The van der Waals surface area contributed by atoms with E-state index in [4.69, 9.17) is 5.11 Å². The molecule has 1 aromatic carbocycles. The molecular formula is C14H16N2O2. The van der Waals surface area contributed by atoms with Crippen molar-refractivity contribution in [2.45, 2.75) is 26.4 Å². The molecule has 0 aliphatic carbocycles. The predicted molar refractivity (Wildman–Crippen MR) is 69.7 cm³/mol. The number of hydrogen-bond acceptors (Lipinski definition) is 2. The van der Waals surface area contributed by atoms with Crippen LogP contribution in [0.4, 0.5) is 0 Å². The van der Waals surface area contributed by atoms with Crippen LogP contribution in [0.1, 0.15) is 16.8 Å². The Bertz CT molecular complexity index is 628. The molecule has 0 saturated carbocycles. The third-order valence-corrected chi connectivity index (χ3v) is 3.58. The van der Waals surface area contributed by atoms with Crippen LogP contribution in [-0.4, -0.2) is 22.2 Å². The van der Waals surface area contributed by atoms with Gasteiger partial charge < -0.3 is 15.0 Å². The summed E-state index contributed by atoms with van der Waals surface area (Å²) < 4.78 is 1.96. The van der Waals surface area contributed by atoms with Crippen LogP contribution in [0, 0.1) is 6.92 Å². The molecule has 94 valence electrons. The highest BCUT2D eigenvalue weighted by molar-refractivity contribution is 5.87. The molecule has 0 spiro atoms. The van der Waals surface area contributed by atoms with Crippen molar-refractivity contribution in [2.75, 3.05) is 6.54 Å². The zero-order valence-corrected chi connectivity index (χ0v) is 10.4. The van der Waals surface area contributed by atoms with Crippen molar-refractivity contribution in [3.63, 3.8) is 0 Å². The van der Waals surface area contributed by atoms with E-state index in [0.717, 1.165) is 30.6 Å². The van der Waals surface area contributed by atoms with Crippen molar-refractivity contribution in [3.05, 3.63) is 35.0 Å². The third-order valence-electron chi connectivity index (χ3n) is 3.58. The Labute approximate surface area is 105 Å². The van der Waals surface area contributed by atoms with Gasteiger partial charge in [-0.1, -0.05) is 12.1 Å². The number of carboxylic acid groups (broad SMARTS) is 1. The monoisotopic (exact) mass is 244 g/mol. The van der Waals surface area contributed by atoms with E-state index in [1.807, 2.05) is 11.5 Å². The van der Waals surface area contributed by atoms with Gasteiger partial charge in [-0.05, 0) is 24.1 Å². The quantitative estimate of drug-likeness (QED) is 0.845. The zero-order valence-electron chi connectivity index (χ0n) is 10.4. The summed E-state index contributed by atoms with van der Waals surface area (Å²) in [4.78, 5) is 11.0. The fourth-order valence-electron chi connectivity index (χ4n) is 2.80. The molecule has 0 saturated heterocycles. The molecule has 18 heavy (non-hydrogen) atoms. The molecular weight excluding hydrogens is 228 g/mol. The van der Waals surface area contributed by atoms with E-state index in [-0.39, 0.29) is 6.54 Å². The molecule has 0 atom stereocenters. The van der Waals surface area contributed by atoms with Crippen molar-refractivity contribution in [1.82, 2.24) is 9.88 Å². The maximum Gasteiger partial charge on any atom is 0.323 e. The van der Waals surface area contributed by atoms with Crippen molar-refractivity contribution in [2.24, 2.45) is 0 Å². The summed E-state index contributed by atoms with van der Waals surface area (Å²) in [5.41, 5.74) is 4.65. The number of benzene rings is 1. The van der Waals surface area contributed by atoms with Crippen LogP contribution in [0.2, 0.25) is 0 Å². The molecule has 1 aromatic heterocycles. The first kappa shape index (κ1) is 11.3. The van der Waals surface area contributed by atoms with Gasteiger partial charge in [-0.2, -0.15) is 0 Å². The molecule has 1 aliphatic rings. The first-order valence-electron chi connectivity index (χ1n) is 6.20. The Balaban J connectivity index is 2.29. The molecule has 0 fully saturated rings. The molecule has 0 unspecified atom stereocenters. The van der Waals surface area contributed by atoms with E-state index >= 15 is 0 Å². The lowest BCUT2D eigenvalue weighted by atomic mass is 10.1. The topological polar surface area (TPSA) is 54.3 Å². The second-order valence-electron chi connectivity index (χ2n) is 4.85. The van der Waals surface area contributed by atoms with E-state index in [1.54, 1.807) is 0 Å². The van der Waals surface area contributed by atoms with E-state index in [2.05, 4.69) is 23.5 Å². The van der Waals surface area contributed by atoms with Gasteiger partial charge in [0.15, 0.2) is 0 Å². The first-order valence-corrected chi connectivity index (χ1v) is 6.20. The van der Waals surface area contributed by atoms with Crippen LogP contribution < -0.4 is 5.32 Å². The fraction of sp³-hybridized carbons (Fsp3) is 0.357. The highest BCUT2D eigenvalue weighted by atomic mass is 16.4. The lowest BCUT2D eigenvalue weighted by molar-refractivity contribution is -0.137. The van der Waals surface area contributed by atoms with Gasteiger partial charge in [0, 0.05) is 36.1 Å². The first-order chi connectivity index (χ1) is 8.66. The summed E-state index contributed by atoms with van der Waals surface area (Å²) in [7, 11) is 0. The second kappa shape index (κ2) is 4.14. The molecule has 4 heteroatoms. The third kappa shape index (κ3) is 1.69. The van der Waals surface area contributed by atoms with Gasteiger partial charge in [-0.25, -0.2) is 0 Å². The largest absolute Gasteiger partial charge is 0.480 e. The number of nitrogens with zero attached hydrogens (tertiary/aromatic N) is 1. The van der Waals surface area contributed by atoms with Crippen LogP contribution in [0.5, 0.6) is 0 Å². The Morgan fingerprint density at radius 1 is 1.50 bits per heavy atom. The number of fused-ring (bicyclic) bond motifs is 3. The smallest absolute Gasteiger partial charge is 0.323 e. The number of hydrogen-bond donors (Lipinski definition) is 2. The average Bonchev–Trinajstić information content (AvgIpc) is 2.63. The van der Waals surface area contributed by atoms with E-state index in [0.29, 0.717) is 0 Å². The second-order valence-corrected chi connectivity index (χ2v) is 4.85. The SMILES string of the molecule is Cc1ccc2c3c(n(CC(=O)O)c2c1)CCNC3. The number of carbonyl (C=O) groups is 1. The minimum absolute atomic E-state index is 0.0509. The number of carboxylic acids is 1. The Morgan fingerprint density at radius 3 is 3.11 bits per heavy atom. The zero-order chi connectivity index (χ0) is 12.7. The molecule has 0 amide bonds. The lowest BCUT2D eigenvalue weighted by Crippen LogP contribution is -2.25. The normalized spacial score (nSPS) is 14.7. The van der Waals surface area contributed by atoms with Crippen LogP contribution in [0.15, 0.2) is 18.2 Å². The Hall–Kier alpha value is -1.81. The molecule has 1 aliphatic heterocycles. The van der Waals surface area contributed by atoms with E-state index < -0.39 is 5.97 Å². The van der Waals surface area contributed by atoms with Crippen LogP contribution >= 0.6 is 0 Å². The minimum Gasteiger partial charge on any atom is -0.480 e. The predicted octanol–water partition coefficient (Wildman–Crippen LogP) is 1.68. The lowest BCUT2D eigenvalue weighted by Gasteiger charge is -2.16. The molecule has 2 aromatic rings. The van der Waals surface area contributed by atoms with Crippen molar-refractivity contribution < 1.29 is 9.90 Å². The van der Waals surface area contributed by atoms with Gasteiger partial charge in [0.05, 0.1) is 0 Å². The maximum atomic E-state index is 11.0. The average molecular weight is 244 g/mol. The highest BCUT2D eigenvalue weighted by Gasteiger charge is 2.20. The van der Waals surface area contributed by atoms with Gasteiger partial charge in [0.1, 0.15) is 6.54 Å². The van der Waals surface area contributed by atoms with Crippen LogP contribution in [0.25, 0.3) is 10.9 Å². The summed E-state index contributed by atoms with van der Waals surface area (Å²) >= 11 is 0. The molecule has 2 heterocycles. The Morgan fingerprint density at radius 2 is 2.33 bits per heavy atom. The van der Waals surface area contributed by atoms with E-state index in [9.17, 15) is 4.79 Å². The van der Waals surface area contributed by atoms with Gasteiger partial charge in [0.2, 0.25) is 0 Å². The van der Waals surface area contributed by atoms with Crippen LogP contribution in [-0.2, 0) is 24.3 Å². The summed E-state index contributed by atoms with van der Waals surface area (Å²) in [6, 6.07) is 6.27. The van der Waals surface area contributed by atoms with E-state index in [1.165, 1.54) is 16.6 Å². The fourth-order valence-corrected chi connectivity index (χ4v) is 2.80. The Kier molecular flexibility index (Phi) is 2.59. The molecule has 0 radical (unpaired) electrons. The highest BCUT2D eigenvalue weighted by Crippen LogP contribution is 2.29. The summed E-state index contributed by atoms with van der Waals surface area (Å²) in [5.74, 6) is -0.783. The summed E-state index contributed by atoms with van der Waals surface area (Å²) in [6.45, 7) is 3.84. The number of nitrogens with one attached hydrogen (secondary N) is 1. The summed E-state index contributed by atoms with van der Waals surface area (Å²) in [6.07, 6.45) is 0.899. The maximum absolute atomic E-state index is 11.0. The number of aliphatic carboxylic acids is 1. The van der Waals surface area contributed by atoms with Gasteiger partial charge >= 0.3 is 5.97 Å². The standard InChI is InChI=1S/C14H16N2O2/c1-9-2-3-10-11-7-15-5-4-12(11)16(8-14(17)18)13(10)6-9/h2-3,6,15H,4-5,7-8H2,1H3,(H,17,18). The van der Waals surface area contributed by atoms with Gasteiger partial charge in [-0.3, -0.25) is 4.79 Å². The molecule has 4 nitrogen and oxygen atoms in total. The number of aryl methyl sites for hydroxylation is 1. The van der Waals surface area contributed by atoms with Crippen LogP contribution in [0.3, 0.4) is 0 Å². The molecule has 2 N–H and O–H groups in total. The molecule has 3 rings (SSSR count).